The van der Waals surface area contributed by atoms with Crippen molar-refractivity contribution in [3.63, 3.8) is 0 Å². The highest BCUT2D eigenvalue weighted by molar-refractivity contribution is 6.00. The number of para-hydroxylation sites is 1. The van der Waals surface area contributed by atoms with Crippen molar-refractivity contribution in [1.82, 2.24) is 20.6 Å². The monoisotopic (exact) mass is 456 g/mol. The van der Waals surface area contributed by atoms with Gasteiger partial charge in [0, 0.05) is 18.9 Å². The van der Waals surface area contributed by atoms with E-state index in [-0.39, 0.29) is 29.2 Å². The number of halogens is 3. The number of benzene rings is 2. The summed E-state index contributed by atoms with van der Waals surface area (Å²) in [6.07, 6.45) is 0.142. The number of ether oxygens (including phenoxy) is 1. The van der Waals surface area contributed by atoms with Gasteiger partial charge in [-0.3, -0.25) is 9.59 Å². The van der Waals surface area contributed by atoms with Crippen molar-refractivity contribution >= 4 is 11.8 Å². The van der Waals surface area contributed by atoms with Crippen molar-refractivity contribution in [2.45, 2.75) is 31.1 Å². The van der Waals surface area contributed by atoms with Crippen molar-refractivity contribution in [3.05, 3.63) is 83.9 Å². The molecule has 0 bridgehead atoms. The number of amides is 2. The number of hydrogen-bond donors (Lipinski definition) is 2. The number of carbonyl (C=O) groups is 2. The Balaban J connectivity index is 1.43. The molecule has 0 aliphatic heterocycles. The van der Waals surface area contributed by atoms with E-state index in [2.05, 4.69) is 20.6 Å². The van der Waals surface area contributed by atoms with E-state index in [1.54, 1.807) is 30.3 Å². The average molecular weight is 456 g/mol. The maximum absolute atomic E-state index is 13.6. The molecular formula is C23H19F3N4O3. The topological polar surface area (TPSA) is 93.2 Å². The molecule has 0 spiro atoms. The zero-order valence-electron chi connectivity index (χ0n) is 17.2. The Kier molecular flexibility index (Phi) is 5.99. The maximum atomic E-state index is 13.6. The molecule has 2 N–H and O–H groups in total. The molecule has 1 saturated carbocycles. The number of aromatic nitrogens is 2. The van der Waals surface area contributed by atoms with Gasteiger partial charge in [-0.2, -0.15) is 13.2 Å². The number of hydrogen-bond acceptors (Lipinski definition) is 5. The van der Waals surface area contributed by atoms with Gasteiger partial charge in [-0.05, 0) is 42.7 Å². The number of carbonyl (C=O) groups excluding carboxylic acids is 2. The molecule has 0 unspecified atom stereocenters. The van der Waals surface area contributed by atoms with E-state index in [1.807, 2.05) is 0 Å². The molecular weight excluding hydrogens is 437 g/mol. The van der Waals surface area contributed by atoms with Crippen LogP contribution in [-0.4, -0.2) is 27.3 Å². The number of alkyl halides is 3. The van der Waals surface area contributed by atoms with Crippen LogP contribution < -0.4 is 15.4 Å². The van der Waals surface area contributed by atoms with Crippen LogP contribution in [0.5, 0.6) is 11.5 Å². The second-order valence-electron chi connectivity index (χ2n) is 7.59. The molecule has 4 rings (SSSR count). The van der Waals surface area contributed by atoms with Crippen molar-refractivity contribution < 1.29 is 27.5 Å². The van der Waals surface area contributed by atoms with E-state index in [9.17, 15) is 22.8 Å². The molecule has 1 fully saturated rings. The highest BCUT2D eigenvalue weighted by atomic mass is 19.4. The van der Waals surface area contributed by atoms with Gasteiger partial charge in [0.2, 0.25) is 5.91 Å². The summed E-state index contributed by atoms with van der Waals surface area (Å²) in [5.74, 6) is -1.02. The Morgan fingerprint density at radius 1 is 1.03 bits per heavy atom. The fourth-order valence-corrected chi connectivity index (χ4v) is 3.20. The first-order chi connectivity index (χ1) is 15.8. The largest absolute Gasteiger partial charge is 0.457 e. The summed E-state index contributed by atoms with van der Waals surface area (Å²) in [6.45, 7) is -0.139. The molecule has 2 aromatic carbocycles. The van der Waals surface area contributed by atoms with Gasteiger partial charge < -0.3 is 15.4 Å². The quantitative estimate of drug-likeness (QED) is 0.563. The van der Waals surface area contributed by atoms with Gasteiger partial charge in [-0.15, -0.1) is 0 Å². The molecule has 3 aromatic rings. The molecule has 0 radical (unpaired) electrons. The minimum Gasteiger partial charge on any atom is -0.457 e. The van der Waals surface area contributed by atoms with E-state index in [0.717, 1.165) is 6.07 Å². The predicted molar refractivity (Wildman–Crippen MR) is 111 cm³/mol. The molecule has 1 aliphatic carbocycles. The van der Waals surface area contributed by atoms with Gasteiger partial charge in [0.25, 0.3) is 5.91 Å². The average Bonchev–Trinajstić information content (AvgIpc) is 3.59. The normalized spacial score (nSPS) is 14.3. The highest BCUT2D eigenvalue weighted by Crippen LogP contribution is 2.39. The van der Waals surface area contributed by atoms with E-state index in [4.69, 9.17) is 4.74 Å². The Hall–Kier alpha value is -3.95. The number of nitrogens with zero attached hydrogens (tertiary/aromatic N) is 2. The zero-order chi connectivity index (χ0) is 23.5. The van der Waals surface area contributed by atoms with E-state index in [0.29, 0.717) is 12.8 Å². The van der Waals surface area contributed by atoms with Crippen LogP contribution in [0.3, 0.4) is 0 Å². The fraction of sp³-hybridized carbons (Fsp3) is 0.217. The molecule has 2 amide bonds. The maximum Gasteiger partial charge on any atom is 0.419 e. The van der Waals surface area contributed by atoms with Crippen LogP contribution in [0.4, 0.5) is 13.2 Å². The molecule has 1 heterocycles. The summed E-state index contributed by atoms with van der Waals surface area (Å²) < 4.78 is 46.2. The Labute approximate surface area is 187 Å². The van der Waals surface area contributed by atoms with Crippen molar-refractivity contribution in [3.8, 4) is 11.5 Å². The van der Waals surface area contributed by atoms with Crippen LogP contribution in [0.1, 0.15) is 34.3 Å². The van der Waals surface area contributed by atoms with Crippen molar-refractivity contribution in [2.24, 2.45) is 0 Å². The lowest BCUT2D eigenvalue weighted by Crippen LogP contribution is -2.48. The van der Waals surface area contributed by atoms with Crippen molar-refractivity contribution in [2.75, 3.05) is 0 Å². The molecule has 170 valence electrons. The summed E-state index contributed by atoms with van der Waals surface area (Å²) in [4.78, 5) is 32.5. The Morgan fingerprint density at radius 3 is 2.36 bits per heavy atom. The van der Waals surface area contributed by atoms with Gasteiger partial charge in [0.1, 0.15) is 23.4 Å². The van der Waals surface area contributed by atoms with Crippen molar-refractivity contribution in [1.29, 1.82) is 0 Å². The van der Waals surface area contributed by atoms with Crippen LogP contribution in [0.25, 0.3) is 0 Å². The van der Waals surface area contributed by atoms with E-state index < -0.39 is 29.1 Å². The third kappa shape index (κ3) is 5.28. The van der Waals surface area contributed by atoms with E-state index in [1.165, 1.54) is 30.9 Å². The standard InChI is InChI=1S/C23H19F3N4O3/c24-23(25,26)18-10-15(6-7-19(18)33-17-4-2-1-3-5-17)11-29-21(32)22(8-9-22)30-20(31)16-12-27-14-28-13-16/h1-7,10,12-14H,8-9,11H2,(H,29,32)(H,30,31). The molecule has 7 nitrogen and oxygen atoms in total. The summed E-state index contributed by atoms with van der Waals surface area (Å²) in [5.41, 5.74) is -1.58. The lowest BCUT2D eigenvalue weighted by atomic mass is 10.1. The Morgan fingerprint density at radius 2 is 1.73 bits per heavy atom. The lowest BCUT2D eigenvalue weighted by Gasteiger charge is -2.18. The summed E-state index contributed by atoms with van der Waals surface area (Å²) >= 11 is 0. The minimum atomic E-state index is -4.65. The molecule has 0 atom stereocenters. The van der Waals surface area contributed by atoms with Crippen LogP contribution in [0, 0.1) is 0 Å². The fourth-order valence-electron chi connectivity index (χ4n) is 3.20. The lowest BCUT2D eigenvalue weighted by molar-refractivity contribution is -0.138. The third-order valence-electron chi connectivity index (χ3n) is 5.13. The molecule has 10 heteroatoms. The zero-order valence-corrected chi connectivity index (χ0v) is 17.2. The van der Waals surface area contributed by atoms with Gasteiger partial charge in [0.15, 0.2) is 0 Å². The molecule has 1 aliphatic rings. The van der Waals surface area contributed by atoms with Gasteiger partial charge in [-0.1, -0.05) is 24.3 Å². The third-order valence-corrected chi connectivity index (χ3v) is 5.13. The first kappa shape index (κ1) is 22.3. The van der Waals surface area contributed by atoms with Gasteiger partial charge >= 0.3 is 6.18 Å². The first-order valence-electron chi connectivity index (χ1n) is 10.1. The van der Waals surface area contributed by atoms with E-state index >= 15 is 0 Å². The Bertz CT molecular complexity index is 1150. The summed E-state index contributed by atoms with van der Waals surface area (Å²) in [6, 6.07) is 11.8. The number of nitrogens with one attached hydrogen (secondary N) is 2. The second-order valence-corrected chi connectivity index (χ2v) is 7.59. The SMILES string of the molecule is O=C(NC1(C(=O)NCc2ccc(Oc3ccccc3)c(C(F)(F)F)c2)CC1)c1cncnc1. The smallest absolute Gasteiger partial charge is 0.419 e. The highest BCUT2D eigenvalue weighted by Gasteiger charge is 2.51. The van der Waals surface area contributed by atoms with Crippen LogP contribution in [0.15, 0.2) is 67.3 Å². The van der Waals surface area contributed by atoms with Crippen LogP contribution >= 0.6 is 0 Å². The van der Waals surface area contributed by atoms with Crippen LogP contribution in [-0.2, 0) is 17.5 Å². The molecule has 33 heavy (non-hydrogen) atoms. The molecule has 1 aromatic heterocycles. The molecule has 0 saturated heterocycles. The van der Waals surface area contributed by atoms with Gasteiger partial charge in [-0.25, -0.2) is 9.97 Å². The predicted octanol–water partition coefficient (Wildman–Crippen LogP) is 3.87. The first-order valence-corrected chi connectivity index (χ1v) is 10.1. The van der Waals surface area contributed by atoms with Gasteiger partial charge in [0.05, 0.1) is 11.1 Å². The van der Waals surface area contributed by atoms with Crippen LogP contribution in [0.2, 0.25) is 0 Å². The summed E-state index contributed by atoms with van der Waals surface area (Å²) in [7, 11) is 0. The second kappa shape index (κ2) is 8.89. The number of rotatable bonds is 7. The minimum absolute atomic E-state index is 0.139. The summed E-state index contributed by atoms with van der Waals surface area (Å²) in [5, 5.41) is 5.27.